The Morgan fingerprint density at radius 2 is 0.800 bits per heavy atom. The van der Waals surface area contributed by atoms with Crippen LogP contribution in [0.25, 0.3) is 33.9 Å². The van der Waals surface area contributed by atoms with Crippen molar-refractivity contribution in [2.45, 2.75) is 0 Å². The summed E-state index contributed by atoms with van der Waals surface area (Å²) in [6.45, 7) is 0. The van der Waals surface area contributed by atoms with E-state index in [2.05, 4.69) is 143 Å². The van der Waals surface area contributed by atoms with Crippen LogP contribution in [-0.2, 0) is 0 Å². The van der Waals surface area contributed by atoms with Crippen LogP contribution in [0, 0.1) is 0 Å². The van der Waals surface area contributed by atoms with Crippen LogP contribution in [-0.4, -0.2) is 0 Å². The van der Waals surface area contributed by atoms with Crippen LogP contribution in [0.5, 0.6) is 0 Å². The minimum atomic E-state index is 1.13. The molecule has 30 heavy (non-hydrogen) atoms. The van der Waals surface area contributed by atoms with E-state index in [0.717, 1.165) is 22.8 Å². The van der Waals surface area contributed by atoms with Gasteiger partial charge in [0, 0.05) is 47.5 Å². The molecule has 0 N–H and O–H groups in total. The first kappa shape index (κ1) is 18.0. The fraction of sp³-hybridized carbons (Fsp3) is 0. The summed E-state index contributed by atoms with van der Waals surface area (Å²) < 4.78 is 4.48. The van der Waals surface area contributed by atoms with E-state index in [-0.39, 0.29) is 0 Å². The average Bonchev–Trinajstić information content (AvgIpc) is 2.85. The van der Waals surface area contributed by atoms with Crippen LogP contribution >= 0.6 is 0 Å². The number of aromatic nitrogens is 2. The third-order valence-corrected chi connectivity index (χ3v) is 5.24. The summed E-state index contributed by atoms with van der Waals surface area (Å²) >= 11 is 0. The molecule has 5 rings (SSSR count). The molecule has 2 heterocycles. The summed E-state index contributed by atoms with van der Waals surface area (Å²) in [6.07, 6.45) is 4.24. The van der Waals surface area contributed by atoms with Crippen molar-refractivity contribution in [1.82, 2.24) is 0 Å². The Bertz CT molecular complexity index is 1180. The fourth-order valence-corrected chi connectivity index (χ4v) is 3.82. The third-order valence-electron chi connectivity index (χ3n) is 5.24. The second-order valence-corrected chi connectivity index (χ2v) is 7.16. The van der Waals surface area contributed by atoms with Gasteiger partial charge in [-0.25, -0.2) is 0 Å². The molecule has 0 radical (unpaired) electrons. The lowest BCUT2D eigenvalue weighted by Gasteiger charge is -2.06. The van der Waals surface area contributed by atoms with E-state index < -0.39 is 0 Å². The minimum Gasteiger partial charge on any atom is -0.160 e. The van der Waals surface area contributed by atoms with Crippen LogP contribution in [0.3, 0.4) is 0 Å². The van der Waals surface area contributed by atoms with Crippen molar-refractivity contribution in [1.29, 1.82) is 0 Å². The van der Waals surface area contributed by atoms with Gasteiger partial charge in [0.05, 0.1) is 6.07 Å². The van der Waals surface area contributed by atoms with E-state index in [1.165, 1.54) is 11.1 Å². The third kappa shape index (κ3) is 3.51. The van der Waals surface area contributed by atoms with E-state index in [1.54, 1.807) is 0 Å². The van der Waals surface area contributed by atoms with Crippen molar-refractivity contribution in [2.24, 2.45) is 0 Å². The standard InChI is InChI=1S/C28H22N2/c1-3-12-23(13-4-1)27-18-7-9-20-29(27)25-16-11-17-26(22-25)30-21-10-8-19-28(30)24-14-5-2-6-15-24/h1-22H/q+2. The van der Waals surface area contributed by atoms with Gasteiger partial charge in [-0.2, -0.15) is 9.13 Å². The first-order valence-electron chi connectivity index (χ1n) is 10.1. The fourth-order valence-electron chi connectivity index (χ4n) is 3.82. The van der Waals surface area contributed by atoms with Crippen LogP contribution in [0.2, 0.25) is 0 Å². The molecule has 0 fully saturated rings. The maximum Gasteiger partial charge on any atom is 0.218 e. The molecule has 0 aliphatic rings. The number of nitrogens with zero attached hydrogens (tertiary/aromatic N) is 2. The quantitative estimate of drug-likeness (QED) is 0.357. The average molecular weight is 386 g/mol. The van der Waals surface area contributed by atoms with Gasteiger partial charge in [0.1, 0.15) is 0 Å². The molecule has 0 atom stereocenters. The topological polar surface area (TPSA) is 7.76 Å². The highest BCUT2D eigenvalue weighted by molar-refractivity contribution is 5.57. The molecule has 0 bridgehead atoms. The lowest BCUT2D eigenvalue weighted by molar-refractivity contribution is -0.592. The van der Waals surface area contributed by atoms with E-state index in [1.807, 2.05) is 0 Å². The first-order chi connectivity index (χ1) is 14.9. The van der Waals surface area contributed by atoms with E-state index in [4.69, 9.17) is 0 Å². The van der Waals surface area contributed by atoms with Crippen molar-refractivity contribution in [3.63, 3.8) is 0 Å². The Labute approximate surface area is 177 Å². The molecule has 2 aromatic heterocycles. The summed E-state index contributed by atoms with van der Waals surface area (Å²) in [4.78, 5) is 0. The van der Waals surface area contributed by atoms with Gasteiger partial charge in [0.15, 0.2) is 12.4 Å². The van der Waals surface area contributed by atoms with Gasteiger partial charge in [-0.15, -0.1) is 0 Å². The Kier molecular flexibility index (Phi) is 4.89. The Hall–Kier alpha value is -4.04. The Morgan fingerprint density at radius 3 is 1.27 bits per heavy atom. The molecule has 3 aromatic carbocycles. The highest BCUT2D eigenvalue weighted by atomic mass is 15.0. The summed E-state index contributed by atoms with van der Waals surface area (Å²) in [5.74, 6) is 0. The monoisotopic (exact) mass is 386 g/mol. The number of hydrogen-bond donors (Lipinski definition) is 0. The van der Waals surface area contributed by atoms with Crippen LogP contribution in [0.15, 0.2) is 134 Å². The lowest BCUT2D eigenvalue weighted by atomic mass is 10.1. The summed E-state index contributed by atoms with van der Waals surface area (Å²) in [5, 5.41) is 0. The first-order valence-corrected chi connectivity index (χ1v) is 10.1. The van der Waals surface area contributed by atoms with Gasteiger partial charge in [-0.3, -0.25) is 0 Å². The molecule has 2 heteroatoms. The largest absolute Gasteiger partial charge is 0.218 e. The van der Waals surface area contributed by atoms with Crippen molar-refractivity contribution >= 4 is 0 Å². The second-order valence-electron chi connectivity index (χ2n) is 7.16. The van der Waals surface area contributed by atoms with Gasteiger partial charge in [0.2, 0.25) is 22.8 Å². The van der Waals surface area contributed by atoms with Gasteiger partial charge in [-0.05, 0) is 42.5 Å². The molecule has 5 aromatic rings. The SMILES string of the molecule is c1ccc(-c2cccc[n+]2-c2cccc(-[n+]3ccccc3-c3ccccc3)c2)cc1. The molecular formula is C28H22N2+2. The van der Waals surface area contributed by atoms with E-state index in [0.29, 0.717) is 0 Å². The molecular weight excluding hydrogens is 364 g/mol. The van der Waals surface area contributed by atoms with Gasteiger partial charge >= 0.3 is 0 Å². The maximum absolute atomic E-state index is 2.24. The predicted octanol–water partition coefficient (Wildman–Crippen LogP) is 5.57. The van der Waals surface area contributed by atoms with E-state index >= 15 is 0 Å². The highest BCUT2D eigenvalue weighted by Crippen LogP contribution is 2.19. The molecule has 2 nitrogen and oxygen atoms in total. The maximum atomic E-state index is 2.24. The van der Waals surface area contributed by atoms with Crippen LogP contribution < -0.4 is 9.13 Å². The van der Waals surface area contributed by atoms with E-state index in [9.17, 15) is 0 Å². The minimum absolute atomic E-state index is 1.13. The van der Waals surface area contributed by atoms with Crippen molar-refractivity contribution in [3.05, 3.63) is 134 Å². The van der Waals surface area contributed by atoms with Crippen molar-refractivity contribution in [2.75, 3.05) is 0 Å². The highest BCUT2D eigenvalue weighted by Gasteiger charge is 2.20. The molecule has 142 valence electrons. The van der Waals surface area contributed by atoms with Gasteiger partial charge in [0.25, 0.3) is 0 Å². The summed E-state index contributed by atoms with van der Waals surface area (Å²) in [6, 6.07) is 42.3. The Balaban J connectivity index is 1.64. The Morgan fingerprint density at radius 1 is 0.367 bits per heavy atom. The smallest absolute Gasteiger partial charge is 0.160 e. The van der Waals surface area contributed by atoms with Crippen LogP contribution in [0.1, 0.15) is 0 Å². The summed E-state index contributed by atoms with van der Waals surface area (Å²) in [5.41, 5.74) is 6.97. The number of pyridine rings is 2. The number of rotatable bonds is 4. The van der Waals surface area contributed by atoms with Gasteiger partial charge in [-0.1, -0.05) is 36.4 Å². The number of benzene rings is 3. The second kappa shape index (κ2) is 8.14. The molecule has 0 spiro atoms. The zero-order valence-corrected chi connectivity index (χ0v) is 16.6. The van der Waals surface area contributed by atoms with Gasteiger partial charge < -0.3 is 0 Å². The zero-order valence-electron chi connectivity index (χ0n) is 16.6. The predicted molar refractivity (Wildman–Crippen MR) is 120 cm³/mol. The summed E-state index contributed by atoms with van der Waals surface area (Å²) in [7, 11) is 0. The molecule has 0 unspecified atom stereocenters. The molecule has 0 aliphatic carbocycles. The molecule has 0 aliphatic heterocycles. The molecule has 0 amide bonds. The van der Waals surface area contributed by atoms with Crippen molar-refractivity contribution < 1.29 is 9.13 Å². The molecule has 0 saturated carbocycles. The van der Waals surface area contributed by atoms with Crippen molar-refractivity contribution in [3.8, 4) is 33.9 Å². The van der Waals surface area contributed by atoms with Crippen LogP contribution in [0.4, 0.5) is 0 Å². The number of hydrogen-bond acceptors (Lipinski definition) is 0. The zero-order chi connectivity index (χ0) is 20.2. The lowest BCUT2D eigenvalue weighted by Crippen LogP contribution is -2.36. The normalized spacial score (nSPS) is 10.7. The molecule has 0 saturated heterocycles.